The predicted octanol–water partition coefficient (Wildman–Crippen LogP) is 2.31. The predicted molar refractivity (Wildman–Crippen MR) is 89.8 cm³/mol. The Morgan fingerprint density at radius 2 is 2.04 bits per heavy atom. The van der Waals surface area contributed by atoms with E-state index in [4.69, 9.17) is 4.42 Å². The van der Waals surface area contributed by atoms with Gasteiger partial charge in [-0.3, -0.25) is 25.3 Å². The van der Waals surface area contributed by atoms with Crippen molar-refractivity contribution in [3.05, 3.63) is 23.7 Å². The van der Waals surface area contributed by atoms with Gasteiger partial charge in [0.15, 0.2) is 0 Å². The van der Waals surface area contributed by atoms with Gasteiger partial charge in [0, 0.05) is 18.4 Å². The van der Waals surface area contributed by atoms with Crippen LogP contribution < -0.4 is 10.9 Å². The SMILES string of the molecule is CCC(=O)NNC(=O)C(C)N(Cc1ccc(C2CC2C)o1)C1CC1. The Kier molecular flexibility index (Phi) is 4.94. The van der Waals surface area contributed by atoms with Crippen molar-refractivity contribution in [2.75, 3.05) is 0 Å². The first-order valence-electron chi connectivity index (χ1n) is 8.92. The highest BCUT2D eigenvalue weighted by atomic mass is 16.3. The number of hydrogen-bond acceptors (Lipinski definition) is 4. The Bertz CT molecular complexity index is 608. The van der Waals surface area contributed by atoms with Crippen LogP contribution in [0.3, 0.4) is 0 Å². The first-order valence-corrected chi connectivity index (χ1v) is 8.92. The highest BCUT2D eigenvalue weighted by molar-refractivity contribution is 5.84. The fourth-order valence-electron chi connectivity index (χ4n) is 3.04. The fourth-order valence-corrected chi connectivity index (χ4v) is 3.04. The van der Waals surface area contributed by atoms with E-state index in [-0.39, 0.29) is 17.9 Å². The molecule has 132 valence electrons. The van der Waals surface area contributed by atoms with Crippen LogP contribution in [0.1, 0.15) is 63.9 Å². The van der Waals surface area contributed by atoms with Crippen molar-refractivity contribution in [1.82, 2.24) is 15.8 Å². The number of furan rings is 1. The minimum Gasteiger partial charge on any atom is -0.464 e. The number of hydrogen-bond donors (Lipinski definition) is 2. The molecule has 3 atom stereocenters. The van der Waals surface area contributed by atoms with Gasteiger partial charge in [-0.05, 0) is 44.2 Å². The van der Waals surface area contributed by atoms with Gasteiger partial charge in [-0.2, -0.15) is 0 Å². The second-order valence-electron chi connectivity index (χ2n) is 7.09. The molecule has 2 amide bonds. The second-order valence-corrected chi connectivity index (χ2v) is 7.09. The average molecular weight is 333 g/mol. The molecule has 0 spiro atoms. The Labute approximate surface area is 142 Å². The van der Waals surface area contributed by atoms with E-state index in [2.05, 4.69) is 28.7 Å². The highest BCUT2D eigenvalue weighted by Crippen LogP contribution is 2.47. The maximum atomic E-state index is 12.3. The molecule has 2 aliphatic carbocycles. The molecule has 2 saturated carbocycles. The zero-order valence-corrected chi connectivity index (χ0v) is 14.7. The Balaban J connectivity index is 1.58. The lowest BCUT2D eigenvalue weighted by atomic mass is 10.2. The van der Waals surface area contributed by atoms with Crippen LogP contribution in [0.5, 0.6) is 0 Å². The number of carbonyl (C=O) groups excluding carboxylic acids is 2. The highest BCUT2D eigenvalue weighted by Gasteiger charge is 2.38. The van der Waals surface area contributed by atoms with Gasteiger partial charge in [0.2, 0.25) is 5.91 Å². The number of carbonyl (C=O) groups is 2. The molecule has 0 saturated heterocycles. The summed E-state index contributed by atoms with van der Waals surface area (Å²) in [6.07, 6.45) is 3.75. The standard InChI is InChI=1S/C18H27N3O3/c1-4-17(22)19-20-18(23)12(3)21(13-5-6-13)10-14-7-8-16(24-14)15-9-11(15)2/h7-8,11-13,15H,4-6,9-10H2,1-3H3,(H,19,22)(H,20,23). The van der Waals surface area contributed by atoms with Gasteiger partial charge in [0.25, 0.3) is 5.91 Å². The topological polar surface area (TPSA) is 74.6 Å². The minimum atomic E-state index is -0.317. The van der Waals surface area contributed by atoms with Crippen LogP contribution in [0.4, 0.5) is 0 Å². The summed E-state index contributed by atoms with van der Waals surface area (Å²) in [6.45, 7) is 6.48. The molecule has 24 heavy (non-hydrogen) atoms. The van der Waals surface area contributed by atoms with Crippen LogP contribution >= 0.6 is 0 Å². The van der Waals surface area contributed by atoms with E-state index < -0.39 is 0 Å². The van der Waals surface area contributed by atoms with E-state index >= 15 is 0 Å². The van der Waals surface area contributed by atoms with E-state index in [0.717, 1.165) is 30.3 Å². The van der Waals surface area contributed by atoms with Gasteiger partial charge in [-0.25, -0.2) is 0 Å². The zero-order chi connectivity index (χ0) is 17.3. The van der Waals surface area contributed by atoms with E-state index in [0.29, 0.717) is 24.9 Å². The monoisotopic (exact) mass is 333 g/mol. The first-order chi connectivity index (χ1) is 11.5. The molecule has 1 heterocycles. The summed E-state index contributed by atoms with van der Waals surface area (Å²) >= 11 is 0. The van der Waals surface area contributed by atoms with Crippen molar-refractivity contribution in [2.45, 2.75) is 71.0 Å². The van der Waals surface area contributed by atoms with Crippen LogP contribution in [-0.4, -0.2) is 28.8 Å². The van der Waals surface area contributed by atoms with E-state index in [1.165, 1.54) is 6.42 Å². The maximum Gasteiger partial charge on any atom is 0.255 e. The van der Waals surface area contributed by atoms with Crippen LogP contribution in [0.25, 0.3) is 0 Å². The third-order valence-electron chi connectivity index (χ3n) is 5.03. The number of amides is 2. The quantitative estimate of drug-likeness (QED) is 0.751. The average Bonchev–Trinajstić information content (AvgIpc) is 3.50. The molecule has 1 aromatic rings. The fraction of sp³-hybridized carbons (Fsp3) is 0.667. The van der Waals surface area contributed by atoms with Gasteiger partial charge in [-0.1, -0.05) is 13.8 Å². The Hall–Kier alpha value is -1.82. The maximum absolute atomic E-state index is 12.3. The molecular formula is C18H27N3O3. The third-order valence-corrected chi connectivity index (χ3v) is 5.03. The number of nitrogens with one attached hydrogen (secondary N) is 2. The van der Waals surface area contributed by atoms with Gasteiger partial charge in [0.1, 0.15) is 11.5 Å². The van der Waals surface area contributed by atoms with E-state index in [9.17, 15) is 9.59 Å². The van der Waals surface area contributed by atoms with Crippen molar-refractivity contribution in [3.63, 3.8) is 0 Å². The largest absolute Gasteiger partial charge is 0.464 e. The molecule has 0 aliphatic heterocycles. The van der Waals surface area contributed by atoms with Crippen molar-refractivity contribution in [2.24, 2.45) is 5.92 Å². The Morgan fingerprint density at radius 1 is 1.33 bits per heavy atom. The molecule has 6 nitrogen and oxygen atoms in total. The van der Waals surface area contributed by atoms with Crippen molar-refractivity contribution in [1.29, 1.82) is 0 Å². The summed E-state index contributed by atoms with van der Waals surface area (Å²) in [7, 11) is 0. The third kappa shape index (κ3) is 3.98. The molecule has 0 radical (unpaired) electrons. The van der Waals surface area contributed by atoms with Gasteiger partial charge in [0.05, 0.1) is 12.6 Å². The van der Waals surface area contributed by atoms with Crippen LogP contribution in [0.2, 0.25) is 0 Å². The summed E-state index contributed by atoms with van der Waals surface area (Å²) < 4.78 is 5.99. The Morgan fingerprint density at radius 3 is 2.62 bits per heavy atom. The second kappa shape index (κ2) is 6.97. The molecule has 2 fully saturated rings. The smallest absolute Gasteiger partial charge is 0.255 e. The zero-order valence-electron chi connectivity index (χ0n) is 14.7. The van der Waals surface area contributed by atoms with E-state index in [1.807, 2.05) is 13.0 Å². The molecule has 0 bridgehead atoms. The molecule has 1 aromatic heterocycles. The van der Waals surface area contributed by atoms with Crippen LogP contribution in [0.15, 0.2) is 16.5 Å². The van der Waals surface area contributed by atoms with Crippen LogP contribution in [0, 0.1) is 5.92 Å². The summed E-state index contributed by atoms with van der Waals surface area (Å²) in [5.74, 6) is 2.89. The lowest BCUT2D eigenvalue weighted by Gasteiger charge is -2.27. The molecule has 3 rings (SSSR count). The molecule has 2 N–H and O–H groups in total. The number of nitrogens with zero attached hydrogens (tertiary/aromatic N) is 1. The summed E-state index contributed by atoms with van der Waals surface area (Å²) in [4.78, 5) is 25.7. The van der Waals surface area contributed by atoms with Gasteiger partial charge < -0.3 is 4.42 Å². The molecule has 3 unspecified atom stereocenters. The minimum absolute atomic E-state index is 0.189. The normalized spacial score (nSPS) is 23.8. The number of hydrazine groups is 1. The van der Waals surface area contributed by atoms with Crippen LogP contribution in [-0.2, 0) is 16.1 Å². The number of rotatable bonds is 7. The molecule has 6 heteroatoms. The lowest BCUT2D eigenvalue weighted by molar-refractivity contribution is -0.132. The van der Waals surface area contributed by atoms with E-state index in [1.54, 1.807) is 6.92 Å². The summed E-state index contributed by atoms with van der Waals surface area (Å²) in [6, 6.07) is 4.20. The van der Waals surface area contributed by atoms with Crippen molar-refractivity contribution in [3.8, 4) is 0 Å². The lowest BCUT2D eigenvalue weighted by Crippen LogP contribution is -2.51. The van der Waals surface area contributed by atoms with Gasteiger partial charge in [-0.15, -0.1) is 0 Å². The molecular weight excluding hydrogens is 306 g/mol. The first kappa shape index (κ1) is 17.0. The van der Waals surface area contributed by atoms with Gasteiger partial charge >= 0.3 is 0 Å². The van der Waals surface area contributed by atoms with Crippen molar-refractivity contribution >= 4 is 11.8 Å². The summed E-state index contributed by atoms with van der Waals surface area (Å²) in [5, 5.41) is 0. The summed E-state index contributed by atoms with van der Waals surface area (Å²) in [5.41, 5.74) is 4.95. The van der Waals surface area contributed by atoms with Crippen molar-refractivity contribution < 1.29 is 14.0 Å². The molecule has 2 aliphatic rings. The molecule has 0 aromatic carbocycles.